The molecule has 21 heavy (non-hydrogen) atoms. The van der Waals surface area contributed by atoms with E-state index in [-0.39, 0.29) is 17.4 Å². The third kappa shape index (κ3) is 4.16. The topological polar surface area (TPSA) is 94.6 Å². The number of nitrogens with one attached hydrogen (secondary N) is 2. The van der Waals surface area contributed by atoms with Gasteiger partial charge in [-0.15, -0.1) is 0 Å². The molecular formula is C14H20N4O3. The van der Waals surface area contributed by atoms with Crippen LogP contribution in [0.4, 0.5) is 10.5 Å². The molecule has 1 aliphatic rings. The molecule has 1 aromatic heterocycles. The lowest BCUT2D eigenvalue weighted by molar-refractivity contribution is 0.0691. The molecule has 1 aliphatic heterocycles. The molecule has 1 saturated heterocycles. The number of carboxylic acids is 1. The summed E-state index contributed by atoms with van der Waals surface area (Å²) >= 11 is 0. The molecule has 7 heteroatoms. The Kier molecular flexibility index (Phi) is 5.10. The number of amides is 2. The number of carbonyl (C=O) groups is 2. The number of urea groups is 1. The minimum Gasteiger partial charge on any atom is -0.476 e. The Balaban J connectivity index is 1.94. The molecule has 2 amide bonds. The predicted octanol–water partition coefficient (Wildman–Crippen LogP) is 1.39. The molecule has 114 valence electrons. The first-order chi connectivity index (χ1) is 10.1. The molecule has 1 unspecified atom stereocenters. The van der Waals surface area contributed by atoms with Crippen LogP contribution in [0.5, 0.6) is 0 Å². The van der Waals surface area contributed by atoms with Crippen molar-refractivity contribution in [1.82, 2.24) is 15.2 Å². The van der Waals surface area contributed by atoms with Crippen molar-refractivity contribution in [2.75, 3.05) is 25.0 Å². The van der Waals surface area contributed by atoms with Crippen LogP contribution in [-0.4, -0.2) is 52.7 Å². The Hall–Kier alpha value is -2.15. The van der Waals surface area contributed by atoms with Crippen LogP contribution in [-0.2, 0) is 0 Å². The summed E-state index contributed by atoms with van der Waals surface area (Å²) in [6.07, 6.45) is 3.36. The molecule has 7 nitrogen and oxygen atoms in total. The maximum atomic E-state index is 12.0. The van der Waals surface area contributed by atoms with Crippen LogP contribution in [0.2, 0.25) is 0 Å². The van der Waals surface area contributed by atoms with Gasteiger partial charge in [0, 0.05) is 18.8 Å². The Bertz CT molecular complexity index is 521. The fourth-order valence-electron chi connectivity index (χ4n) is 2.48. The summed E-state index contributed by atoms with van der Waals surface area (Å²) in [5.41, 5.74) is 0.0390. The van der Waals surface area contributed by atoms with E-state index >= 15 is 0 Å². The largest absolute Gasteiger partial charge is 0.476 e. The standard InChI is InChI=1S/C14H20N4O3/c1-2-18-8-4-5-10(9-18)16-14(21)17-11-6-3-7-15-12(11)13(19)20/h3,6-7,10H,2,4-5,8-9H2,1H3,(H,19,20)(H2,16,17,21). The second-order valence-corrected chi connectivity index (χ2v) is 5.04. The van der Waals surface area contributed by atoms with Crippen molar-refractivity contribution >= 4 is 17.7 Å². The fraction of sp³-hybridized carbons (Fsp3) is 0.500. The van der Waals surface area contributed by atoms with Gasteiger partial charge < -0.3 is 20.6 Å². The second-order valence-electron chi connectivity index (χ2n) is 5.04. The number of carbonyl (C=O) groups excluding carboxylic acids is 1. The average molecular weight is 292 g/mol. The Morgan fingerprint density at radius 1 is 1.52 bits per heavy atom. The zero-order valence-corrected chi connectivity index (χ0v) is 12.0. The molecule has 2 heterocycles. The van der Waals surface area contributed by atoms with E-state index in [4.69, 9.17) is 5.11 Å². The number of pyridine rings is 1. The van der Waals surface area contributed by atoms with E-state index < -0.39 is 12.0 Å². The first-order valence-corrected chi connectivity index (χ1v) is 7.08. The smallest absolute Gasteiger partial charge is 0.356 e. The molecule has 0 radical (unpaired) electrons. The van der Waals surface area contributed by atoms with Crippen molar-refractivity contribution in [1.29, 1.82) is 0 Å². The molecule has 3 N–H and O–H groups in total. The molecule has 1 fully saturated rings. The molecule has 0 aliphatic carbocycles. The van der Waals surface area contributed by atoms with Crippen molar-refractivity contribution in [3.63, 3.8) is 0 Å². The van der Waals surface area contributed by atoms with E-state index in [1.54, 1.807) is 6.07 Å². The molecule has 2 rings (SSSR count). The van der Waals surface area contributed by atoms with Gasteiger partial charge in [0.2, 0.25) is 0 Å². The number of hydrogen-bond donors (Lipinski definition) is 3. The molecule has 0 bridgehead atoms. The number of aromatic nitrogens is 1. The van der Waals surface area contributed by atoms with Gasteiger partial charge in [-0.3, -0.25) is 0 Å². The molecule has 0 spiro atoms. The number of nitrogens with zero attached hydrogens (tertiary/aromatic N) is 2. The van der Waals surface area contributed by atoms with Crippen LogP contribution >= 0.6 is 0 Å². The minimum atomic E-state index is -1.17. The minimum absolute atomic E-state index is 0.0867. The van der Waals surface area contributed by atoms with Crippen LogP contribution in [0.25, 0.3) is 0 Å². The zero-order chi connectivity index (χ0) is 15.2. The van der Waals surface area contributed by atoms with Crippen molar-refractivity contribution < 1.29 is 14.7 Å². The van der Waals surface area contributed by atoms with Crippen LogP contribution in [0.3, 0.4) is 0 Å². The van der Waals surface area contributed by atoms with Gasteiger partial charge in [-0.05, 0) is 38.1 Å². The number of aromatic carboxylic acids is 1. The summed E-state index contributed by atoms with van der Waals surface area (Å²) in [5.74, 6) is -1.17. The van der Waals surface area contributed by atoms with Crippen LogP contribution in [0.15, 0.2) is 18.3 Å². The van der Waals surface area contributed by atoms with Gasteiger partial charge in [0.25, 0.3) is 0 Å². The Morgan fingerprint density at radius 3 is 3.05 bits per heavy atom. The summed E-state index contributed by atoms with van der Waals surface area (Å²) in [6.45, 7) is 4.94. The summed E-state index contributed by atoms with van der Waals surface area (Å²) < 4.78 is 0. The SMILES string of the molecule is CCN1CCCC(NC(=O)Nc2cccnc2C(=O)O)C1. The van der Waals surface area contributed by atoms with Crippen LogP contribution < -0.4 is 10.6 Å². The number of likely N-dealkylation sites (tertiary alicyclic amines) is 1. The third-order valence-corrected chi connectivity index (χ3v) is 3.55. The van der Waals surface area contributed by atoms with Gasteiger partial charge in [-0.2, -0.15) is 0 Å². The fourth-order valence-corrected chi connectivity index (χ4v) is 2.48. The summed E-state index contributed by atoms with van der Waals surface area (Å²) in [5, 5.41) is 14.5. The number of carboxylic acid groups (broad SMARTS) is 1. The predicted molar refractivity (Wildman–Crippen MR) is 78.5 cm³/mol. The van der Waals surface area contributed by atoms with Crippen molar-refractivity contribution in [2.24, 2.45) is 0 Å². The van der Waals surface area contributed by atoms with E-state index in [9.17, 15) is 9.59 Å². The first kappa shape index (κ1) is 15.2. The van der Waals surface area contributed by atoms with Gasteiger partial charge in [-0.1, -0.05) is 6.92 Å². The molecule has 1 aromatic rings. The Morgan fingerprint density at radius 2 is 2.33 bits per heavy atom. The summed E-state index contributed by atoms with van der Waals surface area (Å²) in [6, 6.07) is 2.80. The highest BCUT2D eigenvalue weighted by Gasteiger charge is 2.21. The molecule has 0 saturated carbocycles. The third-order valence-electron chi connectivity index (χ3n) is 3.55. The highest BCUT2D eigenvalue weighted by Crippen LogP contribution is 2.13. The average Bonchev–Trinajstić information content (AvgIpc) is 2.47. The van der Waals surface area contributed by atoms with Gasteiger partial charge >= 0.3 is 12.0 Å². The number of likely N-dealkylation sites (N-methyl/N-ethyl adjacent to an activating group) is 1. The van der Waals surface area contributed by atoms with Crippen molar-refractivity contribution in [3.8, 4) is 0 Å². The number of rotatable bonds is 4. The van der Waals surface area contributed by atoms with E-state index in [0.29, 0.717) is 0 Å². The number of piperidine rings is 1. The lowest BCUT2D eigenvalue weighted by atomic mass is 10.1. The number of anilines is 1. The van der Waals surface area contributed by atoms with Crippen molar-refractivity contribution in [2.45, 2.75) is 25.8 Å². The van der Waals surface area contributed by atoms with E-state index in [1.165, 1.54) is 12.3 Å². The van der Waals surface area contributed by atoms with E-state index in [1.807, 2.05) is 0 Å². The van der Waals surface area contributed by atoms with E-state index in [2.05, 4.69) is 27.4 Å². The lowest BCUT2D eigenvalue weighted by Gasteiger charge is -2.32. The van der Waals surface area contributed by atoms with Gasteiger partial charge in [-0.25, -0.2) is 14.6 Å². The highest BCUT2D eigenvalue weighted by atomic mass is 16.4. The van der Waals surface area contributed by atoms with E-state index in [0.717, 1.165) is 32.5 Å². The lowest BCUT2D eigenvalue weighted by Crippen LogP contribution is -2.48. The Labute approximate surface area is 123 Å². The van der Waals surface area contributed by atoms with Crippen LogP contribution in [0.1, 0.15) is 30.3 Å². The maximum absolute atomic E-state index is 12.0. The van der Waals surface area contributed by atoms with Gasteiger partial charge in [0.05, 0.1) is 5.69 Å². The summed E-state index contributed by atoms with van der Waals surface area (Å²) in [4.78, 5) is 29.1. The quantitative estimate of drug-likeness (QED) is 0.779. The second kappa shape index (κ2) is 7.03. The highest BCUT2D eigenvalue weighted by molar-refractivity contribution is 5.98. The van der Waals surface area contributed by atoms with Gasteiger partial charge in [0.1, 0.15) is 0 Å². The zero-order valence-electron chi connectivity index (χ0n) is 12.0. The normalized spacial score (nSPS) is 19.0. The molecular weight excluding hydrogens is 272 g/mol. The number of hydrogen-bond acceptors (Lipinski definition) is 4. The maximum Gasteiger partial charge on any atom is 0.356 e. The first-order valence-electron chi connectivity index (χ1n) is 7.08. The van der Waals surface area contributed by atoms with Crippen molar-refractivity contribution in [3.05, 3.63) is 24.0 Å². The molecule has 0 aromatic carbocycles. The monoisotopic (exact) mass is 292 g/mol. The van der Waals surface area contributed by atoms with Gasteiger partial charge in [0.15, 0.2) is 5.69 Å². The molecule has 1 atom stereocenters. The van der Waals surface area contributed by atoms with Crippen LogP contribution in [0, 0.1) is 0 Å². The summed E-state index contributed by atoms with van der Waals surface area (Å²) in [7, 11) is 0.